The van der Waals surface area contributed by atoms with E-state index in [1.165, 1.54) is 5.56 Å². The molecule has 1 unspecified atom stereocenters. The molecule has 1 amide bonds. The van der Waals surface area contributed by atoms with E-state index in [9.17, 15) is 4.79 Å². The predicted octanol–water partition coefficient (Wildman–Crippen LogP) is 1.95. The number of hydrogen-bond acceptors (Lipinski definition) is 3. The Hall–Kier alpha value is -2.11. The summed E-state index contributed by atoms with van der Waals surface area (Å²) in [5, 5.41) is 11.4. The topological polar surface area (TPSA) is 66.8 Å². The number of aromatic amines is 1. The summed E-state index contributed by atoms with van der Waals surface area (Å²) in [5.41, 5.74) is 3.02. The van der Waals surface area contributed by atoms with Crippen LogP contribution >= 0.6 is 0 Å². The van der Waals surface area contributed by atoms with E-state index in [2.05, 4.69) is 22.2 Å². The maximum Gasteiger partial charge on any atom is 0.257 e. The molecule has 1 fully saturated rings. The molecule has 1 aliphatic heterocycles. The van der Waals surface area contributed by atoms with Crippen molar-refractivity contribution in [2.24, 2.45) is 0 Å². The first-order chi connectivity index (χ1) is 10.2. The van der Waals surface area contributed by atoms with Crippen molar-refractivity contribution in [2.45, 2.75) is 39.2 Å². The molecule has 0 radical (unpaired) electrons. The van der Waals surface area contributed by atoms with Gasteiger partial charge in [-0.2, -0.15) is 10.2 Å². The average Bonchev–Trinajstić information content (AvgIpc) is 3.15. The predicted molar refractivity (Wildman–Crippen MR) is 79.1 cm³/mol. The molecule has 3 heterocycles. The van der Waals surface area contributed by atoms with Crippen molar-refractivity contribution in [3.63, 3.8) is 0 Å². The van der Waals surface area contributed by atoms with Crippen molar-refractivity contribution in [1.29, 1.82) is 0 Å². The number of piperidine rings is 1. The maximum atomic E-state index is 12.6. The third-order valence-electron chi connectivity index (χ3n) is 4.19. The molecule has 1 atom stereocenters. The maximum absolute atomic E-state index is 12.6. The van der Waals surface area contributed by atoms with E-state index in [0.29, 0.717) is 11.5 Å². The Bertz CT molecular complexity index is 630. The second-order valence-electron chi connectivity index (χ2n) is 5.64. The van der Waals surface area contributed by atoms with Gasteiger partial charge in [-0.15, -0.1) is 0 Å². The van der Waals surface area contributed by atoms with Crippen LogP contribution in [0.2, 0.25) is 0 Å². The number of hydrogen-bond donors (Lipinski definition) is 1. The van der Waals surface area contributed by atoms with Crippen LogP contribution in [0.5, 0.6) is 0 Å². The number of nitrogens with one attached hydrogen (secondary N) is 1. The highest BCUT2D eigenvalue weighted by molar-refractivity contribution is 5.93. The van der Waals surface area contributed by atoms with E-state index in [4.69, 9.17) is 0 Å². The summed E-state index contributed by atoms with van der Waals surface area (Å²) in [7, 11) is 0. The molecule has 2 aromatic rings. The fraction of sp³-hybridized carbons (Fsp3) is 0.533. The molecular weight excluding hydrogens is 266 g/mol. The molecule has 1 aliphatic rings. The molecule has 0 saturated carbocycles. The zero-order valence-corrected chi connectivity index (χ0v) is 12.5. The highest BCUT2D eigenvalue weighted by Crippen LogP contribution is 2.28. The Labute approximate surface area is 124 Å². The molecule has 0 aliphatic carbocycles. The van der Waals surface area contributed by atoms with Gasteiger partial charge in [0.25, 0.3) is 5.91 Å². The van der Waals surface area contributed by atoms with E-state index in [1.54, 1.807) is 10.9 Å². The van der Waals surface area contributed by atoms with E-state index < -0.39 is 0 Å². The van der Waals surface area contributed by atoms with Crippen molar-refractivity contribution in [3.8, 4) is 0 Å². The number of aromatic nitrogens is 4. The van der Waals surface area contributed by atoms with Gasteiger partial charge in [0.2, 0.25) is 0 Å². The summed E-state index contributed by atoms with van der Waals surface area (Å²) in [6.45, 7) is 6.42. The minimum atomic E-state index is 0.0802. The number of rotatable bonds is 3. The summed E-state index contributed by atoms with van der Waals surface area (Å²) in [5.74, 6) is 0.433. The van der Waals surface area contributed by atoms with Crippen LogP contribution in [0, 0.1) is 6.92 Å². The lowest BCUT2D eigenvalue weighted by Gasteiger charge is -2.32. The number of nitrogens with zero attached hydrogens (tertiary/aromatic N) is 4. The van der Waals surface area contributed by atoms with Crippen LogP contribution in [0.3, 0.4) is 0 Å². The molecule has 21 heavy (non-hydrogen) atoms. The lowest BCUT2D eigenvalue weighted by Crippen LogP contribution is -2.39. The van der Waals surface area contributed by atoms with Gasteiger partial charge in [-0.3, -0.25) is 14.6 Å². The number of amides is 1. The minimum absolute atomic E-state index is 0.0802. The summed E-state index contributed by atoms with van der Waals surface area (Å²) in [4.78, 5) is 14.5. The molecule has 2 aromatic heterocycles. The van der Waals surface area contributed by atoms with Gasteiger partial charge >= 0.3 is 0 Å². The normalized spacial score (nSPS) is 19.0. The first-order valence-corrected chi connectivity index (χ1v) is 7.50. The number of H-pyrrole nitrogens is 1. The lowest BCUT2D eigenvalue weighted by atomic mass is 9.92. The highest BCUT2D eigenvalue weighted by Gasteiger charge is 2.27. The summed E-state index contributed by atoms with van der Waals surface area (Å²) >= 11 is 0. The quantitative estimate of drug-likeness (QED) is 0.938. The third kappa shape index (κ3) is 2.70. The van der Waals surface area contributed by atoms with Gasteiger partial charge in [-0.1, -0.05) is 0 Å². The summed E-state index contributed by atoms with van der Waals surface area (Å²) in [6.07, 6.45) is 7.46. The van der Waals surface area contributed by atoms with Crippen LogP contribution in [0.15, 0.2) is 18.6 Å². The van der Waals surface area contributed by atoms with E-state index in [0.717, 1.165) is 38.2 Å². The van der Waals surface area contributed by atoms with Crippen molar-refractivity contribution in [1.82, 2.24) is 24.9 Å². The lowest BCUT2D eigenvalue weighted by molar-refractivity contribution is 0.0705. The molecule has 1 saturated heterocycles. The highest BCUT2D eigenvalue weighted by atomic mass is 16.2. The number of carbonyl (C=O) groups excluding carboxylic acids is 1. The smallest absolute Gasteiger partial charge is 0.257 e. The van der Waals surface area contributed by atoms with Gasteiger partial charge in [0, 0.05) is 37.4 Å². The fourth-order valence-electron chi connectivity index (χ4n) is 3.00. The summed E-state index contributed by atoms with van der Waals surface area (Å²) < 4.78 is 1.79. The van der Waals surface area contributed by atoms with Gasteiger partial charge in [0.05, 0.1) is 18.0 Å². The Balaban J connectivity index is 1.73. The fourth-order valence-corrected chi connectivity index (χ4v) is 3.00. The van der Waals surface area contributed by atoms with Crippen LogP contribution in [0.4, 0.5) is 0 Å². The largest absolute Gasteiger partial charge is 0.338 e. The van der Waals surface area contributed by atoms with Crippen LogP contribution in [0.1, 0.15) is 47.3 Å². The van der Waals surface area contributed by atoms with Crippen LogP contribution in [0.25, 0.3) is 0 Å². The number of aryl methyl sites for hydroxylation is 2. The molecule has 0 spiro atoms. The van der Waals surface area contributed by atoms with Gasteiger partial charge in [0.15, 0.2) is 0 Å². The molecular formula is C15H21N5O. The summed E-state index contributed by atoms with van der Waals surface area (Å²) in [6, 6.07) is 0. The van der Waals surface area contributed by atoms with E-state index in [1.807, 2.05) is 24.2 Å². The van der Waals surface area contributed by atoms with Crippen LogP contribution < -0.4 is 0 Å². The second kappa shape index (κ2) is 5.71. The minimum Gasteiger partial charge on any atom is -0.338 e. The monoisotopic (exact) mass is 287 g/mol. The van der Waals surface area contributed by atoms with E-state index >= 15 is 0 Å². The first kappa shape index (κ1) is 13.9. The van der Waals surface area contributed by atoms with Crippen molar-refractivity contribution >= 4 is 5.91 Å². The SMILES string of the molecule is CCn1cc(C(=O)N2CCCC(c3[nH]ncc3C)C2)cn1. The van der Waals surface area contributed by atoms with Gasteiger partial charge < -0.3 is 4.90 Å². The number of carbonyl (C=O) groups is 1. The molecule has 112 valence electrons. The van der Waals surface area contributed by atoms with Gasteiger partial charge in [-0.05, 0) is 32.3 Å². The van der Waals surface area contributed by atoms with Crippen molar-refractivity contribution in [3.05, 3.63) is 35.4 Å². The Morgan fingerprint density at radius 1 is 1.48 bits per heavy atom. The Morgan fingerprint density at radius 3 is 3.00 bits per heavy atom. The molecule has 3 rings (SSSR count). The standard InChI is InChI=1S/C15H21N5O/c1-3-20-10-13(8-17-20)15(21)19-6-4-5-12(9-19)14-11(2)7-16-18-14/h7-8,10,12H,3-6,9H2,1-2H3,(H,16,18). The average molecular weight is 287 g/mol. The van der Waals surface area contributed by atoms with Crippen molar-refractivity contribution < 1.29 is 4.79 Å². The van der Waals surface area contributed by atoms with Gasteiger partial charge in [0.1, 0.15) is 0 Å². The van der Waals surface area contributed by atoms with Crippen LogP contribution in [-0.2, 0) is 6.54 Å². The zero-order chi connectivity index (χ0) is 14.8. The number of likely N-dealkylation sites (tertiary alicyclic amines) is 1. The molecule has 1 N–H and O–H groups in total. The molecule has 0 aromatic carbocycles. The zero-order valence-electron chi connectivity index (χ0n) is 12.5. The van der Waals surface area contributed by atoms with Crippen LogP contribution in [-0.4, -0.2) is 43.9 Å². The van der Waals surface area contributed by atoms with Gasteiger partial charge in [-0.25, -0.2) is 0 Å². The third-order valence-corrected chi connectivity index (χ3v) is 4.19. The second-order valence-corrected chi connectivity index (χ2v) is 5.64. The van der Waals surface area contributed by atoms with Crippen molar-refractivity contribution in [2.75, 3.05) is 13.1 Å². The van der Waals surface area contributed by atoms with E-state index in [-0.39, 0.29) is 5.91 Å². The molecule has 6 heteroatoms. The Morgan fingerprint density at radius 2 is 2.33 bits per heavy atom. The Kier molecular flexibility index (Phi) is 3.77. The first-order valence-electron chi connectivity index (χ1n) is 7.50. The molecule has 6 nitrogen and oxygen atoms in total. The molecule has 0 bridgehead atoms.